The number of carbonyl (C=O) groups excluding carboxylic acids is 1. The molecule has 0 heterocycles. The number of nitrogens with one attached hydrogen (secondary N) is 1. The molecule has 0 saturated heterocycles. The highest BCUT2D eigenvalue weighted by Gasteiger charge is 2.51. The van der Waals surface area contributed by atoms with E-state index in [2.05, 4.69) is 39.5 Å². The predicted octanol–water partition coefficient (Wildman–Crippen LogP) is 6.41. The number of anilines is 1. The molecule has 0 radical (unpaired) electrons. The van der Waals surface area contributed by atoms with Gasteiger partial charge in [0.15, 0.2) is 0 Å². The highest BCUT2D eigenvalue weighted by Crippen LogP contribution is 2.56. The number of methoxy groups -OCH3 is 1. The van der Waals surface area contributed by atoms with Gasteiger partial charge in [0, 0.05) is 20.6 Å². The van der Waals surface area contributed by atoms with Crippen LogP contribution in [0.4, 0.5) is 5.69 Å². The third-order valence-electron chi connectivity index (χ3n) is 7.26. The Morgan fingerprint density at radius 2 is 1.83 bits per heavy atom. The van der Waals surface area contributed by atoms with Gasteiger partial charge in [0.2, 0.25) is 0 Å². The minimum absolute atomic E-state index is 0.0412. The van der Waals surface area contributed by atoms with Crippen LogP contribution < -0.4 is 5.32 Å². The van der Waals surface area contributed by atoms with E-state index in [0.717, 1.165) is 18.5 Å². The average molecular weight is 487 g/mol. The van der Waals surface area contributed by atoms with Crippen molar-refractivity contribution in [3.8, 4) is 0 Å². The monoisotopic (exact) mass is 485 g/mol. The van der Waals surface area contributed by atoms with Gasteiger partial charge in [-0.2, -0.15) is 0 Å². The summed E-state index contributed by atoms with van der Waals surface area (Å²) < 4.78 is 6.49. The van der Waals surface area contributed by atoms with Crippen LogP contribution in [0.3, 0.4) is 0 Å². The molecule has 0 aromatic heterocycles. The van der Waals surface area contributed by atoms with Crippen LogP contribution in [0.25, 0.3) is 6.08 Å². The highest BCUT2D eigenvalue weighted by atomic mass is 79.9. The van der Waals surface area contributed by atoms with Gasteiger partial charge in [0.1, 0.15) is 5.54 Å². The average Bonchev–Trinajstić information content (AvgIpc) is 3.30. The molecule has 2 aromatic carbocycles. The zero-order valence-electron chi connectivity index (χ0n) is 17.1. The van der Waals surface area contributed by atoms with Gasteiger partial charge in [0.05, 0.1) is 7.11 Å². The maximum absolute atomic E-state index is 12.9. The van der Waals surface area contributed by atoms with Crippen molar-refractivity contribution in [1.82, 2.24) is 0 Å². The number of aryl methyl sites for hydroxylation is 2. The van der Waals surface area contributed by atoms with Crippen LogP contribution in [0.2, 0.25) is 5.02 Å². The second-order valence-electron chi connectivity index (χ2n) is 8.85. The second-order valence-corrected chi connectivity index (χ2v) is 10.1. The van der Waals surface area contributed by atoms with Gasteiger partial charge in [0.25, 0.3) is 0 Å². The first-order valence-corrected chi connectivity index (χ1v) is 11.8. The molecule has 5 heteroatoms. The lowest BCUT2D eigenvalue weighted by atomic mass is 9.64. The molecule has 5 rings (SSSR count). The van der Waals surface area contributed by atoms with Gasteiger partial charge in [-0.25, -0.2) is 4.79 Å². The minimum Gasteiger partial charge on any atom is -0.467 e. The molecule has 1 N–H and O–H groups in total. The summed E-state index contributed by atoms with van der Waals surface area (Å²) >= 11 is 10.1. The summed E-state index contributed by atoms with van der Waals surface area (Å²) in [5, 5.41) is 4.13. The van der Waals surface area contributed by atoms with Gasteiger partial charge < -0.3 is 10.1 Å². The van der Waals surface area contributed by atoms with Gasteiger partial charge in [-0.1, -0.05) is 45.7 Å². The zero-order chi connectivity index (χ0) is 20.9. The van der Waals surface area contributed by atoms with Crippen molar-refractivity contribution >= 4 is 45.3 Å². The number of carbonyl (C=O) groups is 1. The van der Waals surface area contributed by atoms with Crippen LogP contribution in [0, 0.1) is 0 Å². The largest absolute Gasteiger partial charge is 0.467 e. The maximum atomic E-state index is 12.9. The third-order valence-corrected chi connectivity index (χ3v) is 8.48. The zero-order valence-corrected chi connectivity index (χ0v) is 19.4. The Morgan fingerprint density at radius 1 is 1.10 bits per heavy atom. The van der Waals surface area contributed by atoms with Crippen LogP contribution in [0.5, 0.6) is 0 Å². The van der Waals surface area contributed by atoms with E-state index in [-0.39, 0.29) is 11.4 Å². The normalized spacial score (nSPS) is 26.8. The second kappa shape index (κ2) is 7.42. The van der Waals surface area contributed by atoms with E-state index in [9.17, 15) is 4.79 Å². The lowest BCUT2D eigenvalue weighted by Crippen LogP contribution is -2.52. The van der Waals surface area contributed by atoms with Crippen molar-refractivity contribution in [2.75, 3.05) is 12.4 Å². The quantitative estimate of drug-likeness (QED) is 0.509. The highest BCUT2D eigenvalue weighted by molar-refractivity contribution is 9.11. The standard InChI is InChI=1S/C25H25BrClNO2/c1-30-23(29)25(28-20-7-3-6-19(27)15-20)10-8-24(9-11-25)21-13-17-5-2-4-16(17)12-18(21)14-22(24)26/h3,6-7,12-15,28H,2,4-5,8-11H2,1H3. The number of fused-ring (bicyclic) bond motifs is 3. The van der Waals surface area contributed by atoms with E-state index in [0.29, 0.717) is 17.9 Å². The number of hydrogen-bond donors (Lipinski definition) is 1. The SMILES string of the molecule is COC(=O)C1(Nc2cccc(Cl)c2)CCC2(CC1)C(Br)=Cc1cc3c(cc12)CCC3. The van der Waals surface area contributed by atoms with Crippen LogP contribution in [0.1, 0.15) is 54.4 Å². The lowest BCUT2D eigenvalue weighted by molar-refractivity contribution is -0.147. The topological polar surface area (TPSA) is 38.3 Å². The van der Waals surface area contributed by atoms with E-state index < -0.39 is 5.54 Å². The van der Waals surface area contributed by atoms with Crippen molar-refractivity contribution in [1.29, 1.82) is 0 Å². The molecule has 3 aliphatic rings. The number of halogens is 2. The fraction of sp³-hybridized carbons (Fsp3) is 0.400. The van der Waals surface area contributed by atoms with Crippen molar-refractivity contribution < 1.29 is 9.53 Å². The van der Waals surface area contributed by atoms with Gasteiger partial charge in [-0.15, -0.1) is 0 Å². The smallest absolute Gasteiger partial charge is 0.331 e. The van der Waals surface area contributed by atoms with Crippen molar-refractivity contribution in [2.24, 2.45) is 0 Å². The summed E-state index contributed by atoms with van der Waals surface area (Å²) in [6.45, 7) is 0. The first kappa shape index (κ1) is 20.1. The molecule has 1 saturated carbocycles. The summed E-state index contributed by atoms with van der Waals surface area (Å²) in [7, 11) is 1.47. The van der Waals surface area contributed by atoms with E-state index in [1.807, 2.05) is 24.3 Å². The van der Waals surface area contributed by atoms with Crippen molar-refractivity contribution in [3.63, 3.8) is 0 Å². The first-order chi connectivity index (χ1) is 14.5. The van der Waals surface area contributed by atoms with E-state index >= 15 is 0 Å². The third kappa shape index (κ3) is 3.11. The molecule has 3 aliphatic carbocycles. The Hall–Kier alpha value is -1.78. The Labute approximate surface area is 191 Å². The number of rotatable bonds is 3. The Kier molecular flexibility index (Phi) is 4.98. The Balaban J connectivity index is 1.47. The molecule has 1 spiro atoms. The van der Waals surface area contributed by atoms with E-state index in [4.69, 9.17) is 16.3 Å². The van der Waals surface area contributed by atoms with Crippen LogP contribution in [-0.4, -0.2) is 18.6 Å². The minimum atomic E-state index is -0.739. The van der Waals surface area contributed by atoms with Crippen molar-refractivity contribution in [2.45, 2.75) is 55.9 Å². The van der Waals surface area contributed by atoms with E-state index in [1.54, 1.807) is 0 Å². The summed E-state index contributed by atoms with van der Waals surface area (Å²) in [4.78, 5) is 12.9. The van der Waals surface area contributed by atoms with Gasteiger partial charge >= 0.3 is 5.97 Å². The van der Waals surface area contributed by atoms with Gasteiger partial charge in [-0.05, 0) is 91.5 Å². The molecule has 0 aliphatic heterocycles. The van der Waals surface area contributed by atoms with Crippen LogP contribution >= 0.6 is 27.5 Å². The molecule has 3 nitrogen and oxygen atoms in total. The summed E-state index contributed by atoms with van der Waals surface area (Å²) in [5.41, 5.74) is 5.85. The number of ether oxygens (including phenoxy) is 1. The van der Waals surface area contributed by atoms with E-state index in [1.165, 1.54) is 53.1 Å². The predicted molar refractivity (Wildman–Crippen MR) is 125 cm³/mol. The van der Waals surface area contributed by atoms with Crippen molar-refractivity contribution in [3.05, 3.63) is 68.2 Å². The molecule has 1 fully saturated rings. The molecule has 0 atom stereocenters. The first-order valence-electron chi connectivity index (χ1n) is 10.6. The molecule has 2 aromatic rings. The maximum Gasteiger partial charge on any atom is 0.331 e. The molecule has 0 unspecified atom stereocenters. The molecule has 0 amide bonds. The summed E-state index contributed by atoms with van der Waals surface area (Å²) in [6, 6.07) is 12.4. The summed E-state index contributed by atoms with van der Waals surface area (Å²) in [6.07, 6.45) is 9.10. The fourth-order valence-electron chi connectivity index (χ4n) is 5.61. The number of benzene rings is 2. The molecule has 30 heavy (non-hydrogen) atoms. The van der Waals surface area contributed by atoms with Crippen LogP contribution in [0.15, 0.2) is 40.9 Å². The number of allylic oxidation sites excluding steroid dienone is 1. The molecule has 156 valence electrons. The Morgan fingerprint density at radius 3 is 2.53 bits per heavy atom. The molecular weight excluding hydrogens is 462 g/mol. The fourth-order valence-corrected chi connectivity index (χ4v) is 6.66. The molecular formula is C25H25BrClNO2. The number of esters is 1. The molecule has 0 bridgehead atoms. The Bertz CT molecular complexity index is 1050. The lowest BCUT2D eigenvalue weighted by Gasteiger charge is -2.45. The van der Waals surface area contributed by atoms with Gasteiger partial charge in [-0.3, -0.25) is 0 Å². The summed E-state index contributed by atoms with van der Waals surface area (Å²) in [5.74, 6) is -0.204. The number of hydrogen-bond acceptors (Lipinski definition) is 3. The van der Waals surface area contributed by atoms with Crippen LogP contribution in [-0.2, 0) is 27.8 Å².